The van der Waals surface area contributed by atoms with Gasteiger partial charge in [-0.1, -0.05) is 19.3 Å². The van der Waals surface area contributed by atoms with Crippen molar-refractivity contribution in [3.05, 3.63) is 0 Å². The topological polar surface area (TPSA) is 44.5 Å². The van der Waals surface area contributed by atoms with Gasteiger partial charge in [0.15, 0.2) is 0 Å². The zero-order valence-electron chi connectivity index (χ0n) is 10.4. The summed E-state index contributed by atoms with van der Waals surface area (Å²) in [6.45, 7) is 7.41. The van der Waals surface area contributed by atoms with Gasteiger partial charge in [0.1, 0.15) is 5.41 Å². The minimum absolute atomic E-state index is 0.260. The summed E-state index contributed by atoms with van der Waals surface area (Å²) in [5.41, 5.74) is 4.24. The Morgan fingerprint density at radius 3 is 1.50 bits per heavy atom. The van der Waals surface area contributed by atoms with Crippen LogP contribution >= 0.6 is 0 Å². The predicted octanol–water partition coefficient (Wildman–Crippen LogP) is 0.844. The summed E-state index contributed by atoms with van der Waals surface area (Å²) in [5.74, 6) is 0. The highest BCUT2D eigenvalue weighted by Crippen LogP contribution is 2.14. The monoisotopic (exact) mass is 221 g/mol. The number of nitrogens with two attached hydrogens (primary N) is 1. The first-order valence-electron chi connectivity index (χ1n) is 5.48. The molecule has 0 aromatic rings. The van der Waals surface area contributed by atoms with E-state index in [9.17, 15) is 0 Å². The molecule has 0 aromatic heterocycles. The maximum atomic E-state index is 5.31. The molecule has 1 fully saturated rings. The maximum Gasteiger partial charge on any atom is 0.138 e. The molecule has 0 aromatic carbocycles. The molecule has 0 aliphatic heterocycles. The van der Waals surface area contributed by atoms with Crippen LogP contribution in [0.15, 0.2) is 0 Å². The summed E-state index contributed by atoms with van der Waals surface area (Å²) in [6, 6.07) is 0. The van der Waals surface area contributed by atoms with Crippen molar-refractivity contribution in [2.75, 3.05) is 20.3 Å². The van der Waals surface area contributed by atoms with Crippen LogP contribution in [0, 0.1) is 0 Å². The fourth-order valence-electron chi connectivity index (χ4n) is 0.737. The molecule has 1 aliphatic rings. The Bertz CT molecular complexity index is 97.5. The van der Waals surface area contributed by atoms with Gasteiger partial charge in [-0.15, -0.1) is 0 Å². The Morgan fingerprint density at radius 1 is 1.07 bits per heavy atom. The van der Waals surface area contributed by atoms with E-state index in [4.69, 9.17) is 9.47 Å². The molecule has 0 saturated heterocycles. The SMILES string of the molecule is C1CC1.CCOC(C)([SiH3])OCC.CN. The van der Waals surface area contributed by atoms with E-state index < -0.39 is 0 Å². The summed E-state index contributed by atoms with van der Waals surface area (Å²) >= 11 is 0. The van der Waals surface area contributed by atoms with E-state index >= 15 is 0 Å². The van der Waals surface area contributed by atoms with Crippen molar-refractivity contribution < 1.29 is 9.47 Å². The fourth-order valence-corrected chi connectivity index (χ4v) is 1.31. The summed E-state index contributed by atoms with van der Waals surface area (Å²) in [7, 11) is 2.42. The molecule has 14 heavy (non-hydrogen) atoms. The highest BCUT2D eigenvalue weighted by atomic mass is 28.1. The highest BCUT2D eigenvalue weighted by molar-refractivity contribution is 6.13. The van der Waals surface area contributed by atoms with Crippen LogP contribution in [0.4, 0.5) is 0 Å². The second-order valence-electron chi connectivity index (χ2n) is 3.33. The first-order valence-corrected chi connectivity index (χ1v) is 6.48. The molecule has 1 rings (SSSR count). The lowest BCUT2D eigenvalue weighted by atomic mass is 10.7. The molecule has 0 amide bonds. The van der Waals surface area contributed by atoms with E-state index in [2.05, 4.69) is 5.73 Å². The van der Waals surface area contributed by atoms with Crippen LogP contribution in [0.2, 0.25) is 0 Å². The third kappa shape index (κ3) is 18.0. The number of rotatable bonds is 4. The molecule has 0 radical (unpaired) electrons. The van der Waals surface area contributed by atoms with E-state index in [-0.39, 0.29) is 5.41 Å². The molecule has 1 saturated carbocycles. The summed E-state index contributed by atoms with van der Waals surface area (Å²) in [5, 5.41) is 0. The average Bonchev–Trinajstić information content (AvgIpc) is 2.93. The minimum atomic E-state index is -0.260. The van der Waals surface area contributed by atoms with Gasteiger partial charge < -0.3 is 15.2 Å². The minimum Gasteiger partial charge on any atom is -0.355 e. The molecule has 3 nitrogen and oxygen atoms in total. The van der Waals surface area contributed by atoms with E-state index in [1.54, 1.807) is 0 Å². The van der Waals surface area contributed by atoms with Crippen molar-refractivity contribution in [2.24, 2.45) is 5.73 Å². The van der Waals surface area contributed by atoms with Crippen molar-refractivity contribution in [2.45, 2.75) is 45.4 Å². The second-order valence-corrected chi connectivity index (χ2v) is 5.14. The predicted molar refractivity (Wildman–Crippen MR) is 65.6 cm³/mol. The summed E-state index contributed by atoms with van der Waals surface area (Å²) < 4.78 is 10.6. The average molecular weight is 221 g/mol. The van der Waals surface area contributed by atoms with Crippen molar-refractivity contribution in [1.29, 1.82) is 0 Å². The van der Waals surface area contributed by atoms with Gasteiger partial charge in [-0.25, -0.2) is 0 Å². The van der Waals surface area contributed by atoms with Crippen molar-refractivity contribution in [1.82, 2.24) is 0 Å². The van der Waals surface area contributed by atoms with E-state index in [1.807, 2.05) is 20.8 Å². The zero-order chi connectivity index (χ0) is 11.4. The van der Waals surface area contributed by atoms with Gasteiger partial charge in [-0.05, 0) is 27.8 Å². The lowest BCUT2D eigenvalue weighted by Gasteiger charge is -2.24. The van der Waals surface area contributed by atoms with Gasteiger partial charge in [-0.3, -0.25) is 0 Å². The van der Waals surface area contributed by atoms with Gasteiger partial charge in [-0.2, -0.15) is 0 Å². The van der Waals surface area contributed by atoms with E-state index in [0.29, 0.717) is 0 Å². The summed E-state index contributed by atoms with van der Waals surface area (Å²) in [6.07, 6.45) is 4.50. The Hall–Kier alpha value is 0.0969. The molecule has 0 bridgehead atoms. The lowest BCUT2D eigenvalue weighted by Crippen LogP contribution is -2.32. The molecule has 4 heteroatoms. The van der Waals surface area contributed by atoms with Crippen LogP contribution in [-0.2, 0) is 9.47 Å². The fraction of sp³-hybridized carbons (Fsp3) is 1.00. The van der Waals surface area contributed by atoms with Crippen LogP contribution in [0.1, 0.15) is 40.0 Å². The Morgan fingerprint density at radius 2 is 1.36 bits per heavy atom. The van der Waals surface area contributed by atoms with Gasteiger partial charge in [0.05, 0.1) is 10.2 Å². The van der Waals surface area contributed by atoms with Crippen LogP contribution in [0.3, 0.4) is 0 Å². The molecule has 2 N–H and O–H groups in total. The molecule has 0 spiro atoms. The summed E-state index contributed by atoms with van der Waals surface area (Å²) in [4.78, 5) is 0. The quantitative estimate of drug-likeness (QED) is 0.565. The third-order valence-electron chi connectivity index (χ3n) is 1.34. The van der Waals surface area contributed by atoms with Crippen LogP contribution in [0.5, 0.6) is 0 Å². The molecule has 0 unspecified atom stereocenters. The maximum absolute atomic E-state index is 5.31. The van der Waals surface area contributed by atoms with Crippen molar-refractivity contribution in [3.63, 3.8) is 0 Å². The van der Waals surface area contributed by atoms with Gasteiger partial charge in [0.25, 0.3) is 0 Å². The zero-order valence-corrected chi connectivity index (χ0v) is 12.4. The molecular formula is C10H27NO2Si. The van der Waals surface area contributed by atoms with Crippen molar-refractivity contribution >= 4 is 10.2 Å². The molecule has 0 heterocycles. The smallest absolute Gasteiger partial charge is 0.138 e. The van der Waals surface area contributed by atoms with Crippen LogP contribution < -0.4 is 5.73 Å². The van der Waals surface area contributed by atoms with Crippen LogP contribution in [0.25, 0.3) is 0 Å². The number of ether oxygens (including phenoxy) is 2. The standard InChI is InChI=1S/C6H16O2Si.C3H6.CH5N/c1-4-7-6(3,9)8-5-2;1-2-3-1;1-2/h4-5H2,1-3,9H3;1-3H2;2H2,1H3. The lowest BCUT2D eigenvalue weighted by molar-refractivity contribution is -0.160. The molecular weight excluding hydrogens is 194 g/mol. The van der Waals surface area contributed by atoms with Gasteiger partial charge in [0.2, 0.25) is 0 Å². The Labute approximate surface area is 91.8 Å². The van der Waals surface area contributed by atoms with E-state index in [1.165, 1.54) is 26.3 Å². The normalized spacial score (nSPS) is 13.5. The molecule has 0 atom stereocenters. The number of hydrogen-bond donors (Lipinski definition) is 1. The van der Waals surface area contributed by atoms with Crippen molar-refractivity contribution in [3.8, 4) is 0 Å². The van der Waals surface area contributed by atoms with Gasteiger partial charge >= 0.3 is 0 Å². The van der Waals surface area contributed by atoms with Crippen LogP contribution in [-0.4, -0.2) is 35.9 Å². The largest absolute Gasteiger partial charge is 0.355 e. The molecule has 88 valence electrons. The van der Waals surface area contributed by atoms with E-state index in [0.717, 1.165) is 23.5 Å². The number of hydrogen-bond acceptors (Lipinski definition) is 3. The second kappa shape index (κ2) is 11.2. The van der Waals surface area contributed by atoms with Gasteiger partial charge in [0, 0.05) is 13.2 Å². The first-order chi connectivity index (χ1) is 6.62. The Kier molecular flexibility index (Phi) is 13.2. The molecule has 1 aliphatic carbocycles. The highest BCUT2D eigenvalue weighted by Gasteiger charge is 2.15. The third-order valence-corrected chi connectivity index (χ3v) is 1.91. The Balaban J connectivity index is 0. The first kappa shape index (κ1) is 16.5.